The van der Waals surface area contributed by atoms with E-state index >= 15 is 0 Å². The SMILES string of the molecule is Cc1cc(C(C)Nc2nc(NN)ncc2Br)c(C)o1. The van der Waals surface area contributed by atoms with Gasteiger partial charge in [-0.1, -0.05) is 0 Å². The molecule has 0 aromatic carbocycles. The zero-order valence-corrected chi connectivity index (χ0v) is 12.6. The van der Waals surface area contributed by atoms with E-state index < -0.39 is 0 Å². The number of halogens is 1. The minimum Gasteiger partial charge on any atom is -0.466 e. The summed E-state index contributed by atoms with van der Waals surface area (Å²) in [4.78, 5) is 8.26. The first-order valence-corrected chi connectivity index (χ1v) is 6.63. The summed E-state index contributed by atoms with van der Waals surface area (Å²) in [6, 6.07) is 2.08. The Morgan fingerprint density at radius 2 is 2.16 bits per heavy atom. The monoisotopic (exact) mass is 325 g/mol. The fourth-order valence-electron chi connectivity index (χ4n) is 1.90. The maximum absolute atomic E-state index is 5.53. The second-order valence-corrected chi connectivity index (χ2v) is 5.12. The van der Waals surface area contributed by atoms with E-state index in [9.17, 15) is 0 Å². The van der Waals surface area contributed by atoms with E-state index in [1.807, 2.05) is 26.8 Å². The van der Waals surface area contributed by atoms with Gasteiger partial charge in [-0.3, -0.25) is 5.43 Å². The lowest BCUT2D eigenvalue weighted by Crippen LogP contribution is -2.13. The maximum atomic E-state index is 5.53. The van der Waals surface area contributed by atoms with Crippen molar-refractivity contribution in [2.45, 2.75) is 26.8 Å². The molecule has 0 aliphatic carbocycles. The number of furan rings is 1. The van der Waals surface area contributed by atoms with Crippen LogP contribution in [0.25, 0.3) is 0 Å². The van der Waals surface area contributed by atoms with Gasteiger partial charge in [0.05, 0.1) is 10.5 Å². The maximum Gasteiger partial charge on any atom is 0.239 e. The fraction of sp³-hybridized carbons (Fsp3) is 0.333. The Morgan fingerprint density at radius 1 is 1.42 bits per heavy atom. The first kappa shape index (κ1) is 13.8. The van der Waals surface area contributed by atoms with Crippen molar-refractivity contribution in [3.8, 4) is 0 Å². The molecule has 7 heteroatoms. The molecular formula is C12H16BrN5O. The van der Waals surface area contributed by atoms with Crippen LogP contribution in [-0.2, 0) is 0 Å². The van der Waals surface area contributed by atoms with Crippen LogP contribution in [0.5, 0.6) is 0 Å². The molecule has 0 aliphatic rings. The highest BCUT2D eigenvalue weighted by Crippen LogP contribution is 2.27. The molecule has 2 heterocycles. The van der Waals surface area contributed by atoms with E-state index in [1.54, 1.807) is 6.20 Å². The van der Waals surface area contributed by atoms with Crippen LogP contribution in [0.2, 0.25) is 0 Å². The molecule has 19 heavy (non-hydrogen) atoms. The first-order chi connectivity index (χ1) is 9.01. The Balaban J connectivity index is 2.23. The molecule has 2 aromatic heterocycles. The predicted octanol–water partition coefficient (Wildman–Crippen LogP) is 2.91. The zero-order chi connectivity index (χ0) is 14.0. The van der Waals surface area contributed by atoms with Gasteiger partial charge in [0.1, 0.15) is 17.3 Å². The third-order valence-corrected chi connectivity index (χ3v) is 3.35. The van der Waals surface area contributed by atoms with Gasteiger partial charge in [-0.2, -0.15) is 4.98 Å². The van der Waals surface area contributed by atoms with Crippen LogP contribution in [0.15, 0.2) is 21.2 Å². The molecular weight excluding hydrogens is 310 g/mol. The Kier molecular flexibility index (Phi) is 4.06. The molecule has 102 valence electrons. The number of aromatic nitrogens is 2. The van der Waals surface area contributed by atoms with Gasteiger partial charge >= 0.3 is 0 Å². The van der Waals surface area contributed by atoms with Gasteiger partial charge in [-0.15, -0.1) is 0 Å². The number of aryl methyl sites for hydroxylation is 2. The summed E-state index contributed by atoms with van der Waals surface area (Å²) in [6.45, 7) is 5.92. The first-order valence-electron chi connectivity index (χ1n) is 5.84. The van der Waals surface area contributed by atoms with Crippen molar-refractivity contribution < 1.29 is 4.42 Å². The van der Waals surface area contributed by atoms with Crippen molar-refractivity contribution in [2.75, 3.05) is 10.7 Å². The average Bonchev–Trinajstić information content (AvgIpc) is 2.71. The Bertz CT molecular complexity index is 583. The van der Waals surface area contributed by atoms with Gasteiger partial charge in [-0.05, 0) is 42.8 Å². The summed E-state index contributed by atoms with van der Waals surface area (Å²) in [5.74, 6) is 8.14. The van der Waals surface area contributed by atoms with E-state index in [0.29, 0.717) is 11.8 Å². The molecule has 2 aromatic rings. The largest absolute Gasteiger partial charge is 0.466 e. The molecule has 1 unspecified atom stereocenters. The summed E-state index contributed by atoms with van der Waals surface area (Å²) in [5.41, 5.74) is 3.52. The molecule has 0 saturated heterocycles. The van der Waals surface area contributed by atoms with Crippen LogP contribution >= 0.6 is 15.9 Å². The lowest BCUT2D eigenvalue weighted by molar-refractivity contribution is 0.499. The van der Waals surface area contributed by atoms with Crippen LogP contribution in [0.1, 0.15) is 30.0 Å². The van der Waals surface area contributed by atoms with E-state index in [2.05, 4.69) is 36.6 Å². The van der Waals surface area contributed by atoms with Crippen molar-refractivity contribution in [1.29, 1.82) is 0 Å². The molecule has 6 nitrogen and oxygen atoms in total. The van der Waals surface area contributed by atoms with Crippen molar-refractivity contribution in [3.63, 3.8) is 0 Å². The molecule has 0 spiro atoms. The lowest BCUT2D eigenvalue weighted by atomic mass is 10.1. The van der Waals surface area contributed by atoms with Crippen molar-refractivity contribution in [3.05, 3.63) is 33.8 Å². The topological polar surface area (TPSA) is 89.0 Å². The number of nitrogens with one attached hydrogen (secondary N) is 2. The Labute approximate surface area is 119 Å². The molecule has 0 saturated carbocycles. The normalized spacial score (nSPS) is 12.3. The highest BCUT2D eigenvalue weighted by Gasteiger charge is 2.14. The summed E-state index contributed by atoms with van der Waals surface area (Å²) in [5, 5.41) is 3.30. The van der Waals surface area contributed by atoms with Crippen molar-refractivity contribution in [1.82, 2.24) is 9.97 Å². The van der Waals surface area contributed by atoms with Crippen molar-refractivity contribution >= 4 is 27.7 Å². The second-order valence-electron chi connectivity index (χ2n) is 4.27. The number of anilines is 2. The standard InChI is InChI=1S/C12H16BrN5O/c1-6-4-9(8(3)19-6)7(2)16-11-10(13)5-15-12(17-11)18-14/h4-5,7H,14H2,1-3H3,(H2,15,16,17,18). The smallest absolute Gasteiger partial charge is 0.239 e. The van der Waals surface area contributed by atoms with Crippen molar-refractivity contribution in [2.24, 2.45) is 5.84 Å². The molecule has 0 fully saturated rings. The minimum atomic E-state index is 0.0641. The van der Waals surface area contributed by atoms with Crippen LogP contribution in [0, 0.1) is 13.8 Å². The molecule has 0 radical (unpaired) electrons. The number of hydrogen-bond donors (Lipinski definition) is 3. The summed E-state index contributed by atoms with van der Waals surface area (Å²) in [6.07, 6.45) is 1.64. The third kappa shape index (κ3) is 3.05. The highest BCUT2D eigenvalue weighted by molar-refractivity contribution is 9.10. The second kappa shape index (κ2) is 5.58. The zero-order valence-electron chi connectivity index (χ0n) is 11.0. The Hall–Kier alpha value is -1.60. The molecule has 0 aliphatic heterocycles. The van der Waals surface area contributed by atoms with E-state index in [0.717, 1.165) is 21.6 Å². The number of nitrogen functional groups attached to an aromatic ring is 1. The molecule has 2 rings (SSSR count). The average molecular weight is 326 g/mol. The number of hydrogen-bond acceptors (Lipinski definition) is 6. The van der Waals surface area contributed by atoms with Gasteiger partial charge in [-0.25, -0.2) is 10.8 Å². The summed E-state index contributed by atoms with van der Waals surface area (Å²) < 4.78 is 6.31. The van der Waals surface area contributed by atoms with E-state index in [1.165, 1.54) is 0 Å². The number of hydrazine groups is 1. The van der Waals surface area contributed by atoms with Gasteiger partial charge in [0.25, 0.3) is 0 Å². The number of nitrogens with two attached hydrogens (primary N) is 1. The quantitative estimate of drug-likeness (QED) is 0.591. The van der Waals surface area contributed by atoms with Crippen LogP contribution in [0.4, 0.5) is 11.8 Å². The van der Waals surface area contributed by atoms with Gasteiger partial charge in [0.2, 0.25) is 5.95 Å². The van der Waals surface area contributed by atoms with Crippen LogP contribution in [-0.4, -0.2) is 9.97 Å². The predicted molar refractivity (Wildman–Crippen MR) is 77.8 cm³/mol. The molecule has 1 atom stereocenters. The minimum absolute atomic E-state index is 0.0641. The fourth-order valence-corrected chi connectivity index (χ4v) is 2.21. The van der Waals surface area contributed by atoms with E-state index in [-0.39, 0.29) is 6.04 Å². The lowest BCUT2D eigenvalue weighted by Gasteiger charge is -2.15. The summed E-state index contributed by atoms with van der Waals surface area (Å²) in [7, 11) is 0. The van der Waals surface area contributed by atoms with Gasteiger partial charge in [0, 0.05) is 11.8 Å². The third-order valence-electron chi connectivity index (χ3n) is 2.77. The summed E-state index contributed by atoms with van der Waals surface area (Å²) >= 11 is 3.40. The molecule has 4 N–H and O–H groups in total. The number of nitrogens with zero attached hydrogens (tertiary/aromatic N) is 2. The Morgan fingerprint density at radius 3 is 2.74 bits per heavy atom. The molecule has 0 amide bonds. The van der Waals surface area contributed by atoms with Gasteiger partial charge < -0.3 is 9.73 Å². The molecule has 0 bridgehead atoms. The van der Waals surface area contributed by atoms with Gasteiger partial charge in [0.15, 0.2) is 0 Å². The highest BCUT2D eigenvalue weighted by atomic mass is 79.9. The van der Waals surface area contributed by atoms with Crippen LogP contribution < -0.4 is 16.6 Å². The van der Waals surface area contributed by atoms with Crippen LogP contribution in [0.3, 0.4) is 0 Å². The van der Waals surface area contributed by atoms with E-state index in [4.69, 9.17) is 10.3 Å². The number of rotatable bonds is 4.